The molecule has 162 valence electrons. The number of rotatable bonds is 9. The third-order valence-corrected chi connectivity index (χ3v) is 4.96. The zero-order chi connectivity index (χ0) is 22.4. The lowest BCUT2D eigenvalue weighted by molar-refractivity contribution is -0.140. The Bertz CT molecular complexity index is 1010. The number of carbonyl (C=O) groups excluding carboxylic acids is 2. The van der Waals surface area contributed by atoms with Crippen molar-refractivity contribution in [3.63, 3.8) is 0 Å². The molecule has 1 N–H and O–H groups in total. The number of carbonyl (C=O) groups is 2. The van der Waals surface area contributed by atoms with E-state index < -0.39 is 17.7 Å². The second kappa shape index (κ2) is 9.95. The summed E-state index contributed by atoms with van der Waals surface area (Å²) in [6, 6.07) is 13.0. The van der Waals surface area contributed by atoms with Crippen LogP contribution >= 0.6 is 0 Å². The van der Waals surface area contributed by atoms with E-state index in [-0.39, 0.29) is 24.5 Å². The summed E-state index contributed by atoms with van der Waals surface area (Å²) in [4.78, 5) is 27.2. The monoisotopic (exact) mass is 423 g/mol. The lowest BCUT2D eigenvalue weighted by Gasteiger charge is -2.25. The molecule has 1 amide bonds. The van der Waals surface area contributed by atoms with Crippen LogP contribution in [0.5, 0.6) is 11.5 Å². The molecule has 0 aliphatic carbocycles. The molecule has 1 aliphatic rings. The number of amides is 1. The molecule has 1 unspecified atom stereocenters. The Morgan fingerprint density at radius 1 is 1.13 bits per heavy atom. The predicted octanol–water partition coefficient (Wildman–Crippen LogP) is 3.33. The second-order valence-corrected chi connectivity index (χ2v) is 6.89. The minimum Gasteiger partial charge on any atom is -0.507 e. The van der Waals surface area contributed by atoms with Gasteiger partial charge in [0.15, 0.2) is 0 Å². The summed E-state index contributed by atoms with van der Waals surface area (Å²) in [6.07, 6.45) is 1.63. The van der Waals surface area contributed by atoms with Crippen LogP contribution in [0.2, 0.25) is 0 Å². The Labute approximate surface area is 181 Å². The van der Waals surface area contributed by atoms with Crippen molar-refractivity contribution in [2.24, 2.45) is 0 Å². The van der Waals surface area contributed by atoms with Gasteiger partial charge in [0.1, 0.15) is 23.9 Å². The van der Waals surface area contributed by atoms with Gasteiger partial charge in [-0.25, -0.2) is 0 Å². The first kappa shape index (κ1) is 22.1. The van der Waals surface area contributed by atoms with Gasteiger partial charge < -0.3 is 24.2 Å². The van der Waals surface area contributed by atoms with Crippen LogP contribution in [0, 0.1) is 0 Å². The number of hydrogen-bond acceptors (Lipinski definition) is 6. The van der Waals surface area contributed by atoms with Crippen molar-refractivity contribution in [3.05, 3.63) is 77.9 Å². The van der Waals surface area contributed by atoms with E-state index in [1.165, 1.54) is 19.1 Å². The van der Waals surface area contributed by atoms with E-state index in [0.717, 1.165) is 0 Å². The van der Waals surface area contributed by atoms with Gasteiger partial charge in [-0.3, -0.25) is 9.59 Å². The minimum atomic E-state index is -0.784. The fourth-order valence-electron chi connectivity index (χ4n) is 3.50. The van der Waals surface area contributed by atoms with Gasteiger partial charge in [0.2, 0.25) is 0 Å². The van der Waals surface area contributed by atoms with E-state index in [1.807, 2.05) is 0 Å². The summed E-state index contributed by atoms with van der Waals surface area (Å²) in [7, 11) is 3.03. The standard InChI is InChI=1S/C24H25NO6/c1-4-12-31-19-10-5-7-16(14-19)21-20(23(27)24(28)25(21)11-13-29-2)22(26)17-8-6-9-18(15-17)30-3/h4-10,14-15,21,26H,1,11-13H2,2-3H3/b22-20-. The number of aliphatic hydroxyl groups excluding tert-OH is 1. The zero-order valence-corrected chi connectivity index (χ0v) is 17.5. The van der Waals surface area contributed by atoms with Crippen molar-refractivity contribution >= 4 is 17.4 Å². The lowest BCUT2D eigenvalue weighted by atomic mass is 9.95. The summed E-state index contributed by atoms with van der Waals surface area (Å²) < 4.78 is 16.0. The molecule has 3 rings (SSSR count). The van der Waals surface area contributed by atoms with Crippen LogP contribution in [0.4, 0.5) is 0 Å². The number of methoxy groups -OCH3 is 2. The number of aliphatic hydroxyl groups is 1. The fourth-order valence-corrected chi connectivity index (χ4v) is 3.50. The molecule has 2 aromatic carbocycles. The average molecular weight is 423 g/mol. The van der Waals surface area contributed by atoms with E-state index in [2.05, 4.69) is 6.58 Å². The molecule has 0 spiro atoms. The largest absolute Gasteiger partial charge is 0.507 e. The fraction of sp³-hybridized carbons (Fsp3) is 0.250. The summed E-state index contributed by atoms with van der Waals surface area (Å²) in [5.74, 6) is -0.618. The molecule has 7 heteroatoms. The van der Waals surface area contributed by atoms with Crippen molar-refractivity contribution in [1.29, 1.82) is 0 Å². The van der Waals surface area contributed by atoms with Gasteiger partial charge in [0.25, 0.3) is 11.7 Å². The Balaban J connectivity index is 2.14. The Morgan fingerprint density at radius 2 is 1.87 bits per heavy atom. The number of Topliss-reactive ketones (excluding diaryl/α,β-unsaturated/α-hetero) is 1. The van der Waals surface area contributed by atoms with Crippen molar-refractivity contribution in [3.8, 4) is 11.5 Å². The highest BCUT2D eigenvalue weighted by Gasteiger charge is 2.46. The molecule has 0 radical (unpaired) electrons. The molecule has 0 saturated carbocycles. The van der Waals surface area contributed by atoms with Crippen molar-refractivity contribution in [1.82, 2.24) is 4.90 Å². The van der Waals surface area contributed by atoms with Gasteiger partial charge in [-0.1, -0.05) is 36.9 Å². The second-order valence-electron chi connectivity index (χ2n) is 6.89. The summed E-state index contributed by atoms with van der Waals surface area (Å²) in [5.41, 5.74) is 1.03. The molecular formula is C24H25NO6. The third kappa shape index (κ3) is 4.62. The van der Waals surface area contributed by atoms with Gasteiger partial charge in [0, 0.05) is 19.2 Å². The van der Waals surface area contributed by atoms with Gasteiger partial charge >= 0.3 is 0 Å². The third-order valence-electron chi connectivity index (χ3n) is 4.96. The Kier molecular flexibility index (Phi) is 7.10. The number of hydrogen-bond donors (Lipinski definition) is 1. The van der Waals surface area contributed by atoms with Gasteiger partial charge in [-0.2, -0.15) is 0 Å². The van der Waals surface area contributed by atoms with E-state index in [9.17, 15) is 14.7 Å². The quantitative estimate of drug-likeness (QED) is 0.288. The zero-order valence-electron chi connectivity index (χ0n) is 17.5. The molecular weight excluding hydrogens is 398 g/mol. The van der Waals surface area contributed by atoms with Crippen LogP contribution in [0.15, 0.2) is 66.8 Å². The highest BCUT2D eigenvalue weighted by molar-refractivity contribution is 6.46. The van der Waals surface area contributed by atoms with Crippen LogP contribution in [-0.4, -0.2) is 55.7 Å². The predicted molar refractivity (Wildman–Crippen MR) is 116 cm³/mol. The highest BCUT2D eigenvalue weighted by Crippen LogP contribution is 2.40. The maximum absolute atomic E-state index is 13.0. The summed E-state index contributed by atoms with van der Waals surface area (Å²) in [5, 5.41) is 11.1. The summed E-state index contributed by atoms with van der Waals surface area (Å²) in [6.45, 7) is 4.39. The first-order chi connectivity index (χ1) is 15.0. The van der Waals surface area contributed by atoms with Crippen molar-refractivity contribution in [2.45, 2.75) is 6.04 Å². The van der Waals surface area contributed by atoms with Crippen LogP contribution in [0.25, 0.3) is 5.76 Å². The summed E-state index contributed by atoms with van der Waals surface area (Å²) >= 11 is 0. The topological polar surface area (TPSA) is 85.3 Å². The normalized spacial score (nSPS) is 17.6. The van der Waals surface area contributed by atoms with Gasteiger partial charge in [0.05, 0.1) is 25.3 Å². The lowest BCUT2D eigenvalue weighted by Crippen LogP contribution is -2.32. The number of likely N-dealkylation sites (tertiary alicyclic amines) is 1. The SMILES string of the molecule is C=CCOc1cccc(C2/C(=C(/O)c3cccc(OC)c3)C(=O)C(=O)N2CCOC)c1. The van der Waals surface area contributed by atoms with Crippen LogP contribution in [-0.2, 0) is 14.3 Å². The molecule has 2 aromatic rings. The number of benzene rings is 2. The molecule has 1 heterocycles. The van der Waals surface area contributed by atoms with E-state index in [0.29, 0.717) is 29.2 Å². The van der Waals surface area contributed by atoms with Crippen molar-refractivity contribution in [2.75, 3.05) is 34.0 Å². The van der Waals surface area contributed by atoms with E-state index >= 15 is 0 Å². The number of ether oxygens (including phenoxy) is 3. The molecule has 1 atom stereocenters. The first-order valence-corrected chi connectivity index (χ1v) is 9.77. The maximum atomic E-state index is 13.0. The maximum Gasteiger partial charge on any atom is 0.295 e. The molecule has 1 saturated heterocycles. The van der Waals surface area contributed by atoms with Crippen LogP contribution in [0.1, 0.15) is 17.2 Å². The molecule has 7 nitrogen and oxygen atoms in total. The number of ketones is 1. The van der Waals surface area contributed by atoms with Gasteiger partial charge in [-0.05, 0) is 29.8 Å². The number of nitrogens with zero attached hydrogens (tertiary/aromatic N) is 1. The molecule has 31 heavy (non-hydrogen) atoms. The molecule has 0 bridgehead atoms. The van der Waals surface area contributed by atoms with Gasteiger partial charge in [-0.15, -0.1) is 0 Å². The van der Waals surface area contributed by atoms with E-state index in [1.54, 1.807) is 54.6 Å². The Morgan fingerprint density at radius 3 is 2.58 bits per heavy atom. The van der Waals surface area contributed by atoms with Crippen LogP contribution < -0.4 is 9.47 Å². The van der Waals surface area contributed by atoms with Crippen LogP contribution in [0.3, 0.4) is 0 Å². The van der Waals surface area contributed by atoms with Crippen molar-refractivity contribution < 1.29 is 28.9 Å². The average Bonchev–Trinajstić information content (AvgIpc) is 3.05. The highest BCUT2D eigenvalue weighted by atomic mass is 16.5. The smallest absolute Gasteiger partial charge is 0.295 e. The Hall–Kier alpha value is -3.58. The first-order valence-electron chi connectivity index (χ1n) is 9.77. The molecule has 1 aliphatic heterocycles. The minimum absolute atomic E-state index is 0.00947. The van der Waals surface area contributed by atoms with E-state index in [4.69, 9.17) is 14.2 Å². The molecule has 1 fully saturated rings. The molecule has 0 aromatic heterocycles.